The number of hydrogen-bond acceptors (Lipinski definition) is 5. The molecule has 0 bridgehead atoms. The van der Waals surface area contributed by atoms with Crippen LogP contribution in [0.4, 0.5) is 13.2 Å². The van der Waals surface area contributed by atoms with Crippen LogP contribution in [0.3, 0.4) is 0 Å². The number of carboxylic acids is 1. The molecule has 2 N–H and O–H groups in total. The number of nitrogens with one attached hydrogen (secondary N) is 1. The molecule has 162 valence electrons. The lowest BCUT2D eigenvalue weighted by molar-refractivity contribution is -0.192. The number of alkyl halides is 3. The second-order valence-electron chi connectivity index (χ2n) is 7.77. The minimum atomic E-state index is -5.08. The van der Waals surface area contributed by atoms with Gasteiger partial charge in [-0.05, 0) is 37.8 Å². The standard InChI is InChI=1S/C17H24N2O3.C2HF3O2/c20-17(13-1-2-13)18-7-16-15-3-5-19(9-14(15)11-22-16)8-12-4-6-21-10-12;3-2(4,5)1(6)7/h4,6,10,13-16H,1-3,5,7-9,11H2,(H,18,20);(H,6,7)/t14-,15-,16-;/m0./s1. The lowest BCUT2D eigenvalue weighted by Gasteiger charge is -2.35. The summed E-state index contributed by atoms with van der Waals surface area (Å²) in [6.07, 6.45) is 1.97. The second-order valence-corrected chi connectivity index (χ2v) is 7.77. The van der Waals surface area contributed by atoms with Gasteiger partial charge in [-0.2, -0.15) is 13.2 Å². The zero-order chi connectivity index (χ0) is 21.0. The molecule has 3 atom stereocenters. The number of aliphatic carboxylic acids is 1. The Hall–Kier alpha value is -2.07. The smallest absolute Gasteiger partial charge is 0.475 e. The molecular weight excluding hydrogens is 393 g/mol. The first-order valence-corrected chi connectivity index (χ1v) is 9.67. The summed E-state index contributed by atoms with van der Waals surface area (Å²) in [4.78, 5) is 23.2. The zero-order valence-corrected chi connectivity index (χ0v) is 15.9. The van der Waals surface area contributed by atoms with Gasteiger partial charge < -0.3 is 19.6 Å². The Morgan fingerprint density at radius 1 is 1.28 bits per heavy atom. The number of hydrogen-bond donors (Lipinski definition) is 2. The highest BCUT2D eigenvalue weighted by Gasteiger charge is 2.41. The summed E-state index contributed by atoms with van der Waals surface area (Å²) in [7, 11) is 0. The first kappa shape index (κ1) is 21.6. The van der Waals surface area contributed by atoms with Gasteiger partial charge in [0.05, 0.1) is 25.2 Å². The van der Waals surface area contributed by atoms with Crippen LogP contribution >= 0.6 is 0 Å². The highest BCUT2D eigenvalue weighted by molar-refractivity contribution is 5.80. The Bertz CT molecular complexity index is 691. The SMILES string of the molecule is O=C(NC[C@@H]1OC[C@@H]2CN(Cc3ccoc3)CC[C@@H]21)C1CC1.O=C(O)C(F)(F)F. The first-order valence-electron chi connectivity index (χ1n) is 9.67. The van der Waals surface area contributed by atoms with E-state index in [9.17, 15) is 18.0 Å². The monoisotopic (exact) mass is 418 g/mol. The maximum atomic E-state index is 11.8. The summed E-state index contributed by atoms with van der Waals surface area (Å²) >= 11 is 0. The number of piperidine rings is 1. The number of fused-ring (bicyclic) bond motifs is 1. The van der Waals surface area contributed by atoms with Crippen molar-refractivity contribution in [3.05, 3.63) is 24.2 Å². The number of carbonyl (C=O) groups is 2. The largest absolute Gasteiger partial charge is 0.490 e. The maximum Gasteiger partial charge on any atom is 0.490 e. The van der Waals surface area contributed by atoms with Crippen molar-refractivity contribution in [1.82, 2.24) is 10.2 Å². The molecule has 10 heteroatoms. The fourth-order valence-corrected chi connectivity index (χ4v) is 3.85. The Balaban J connectivity index is 0.000000298. The van der Waals surface area contributed by atoms with Gasteiger partial charge in [0.25, 0.3) is 0 Å². The molecule has 0 radical (unpaired) electrons. The highest BCUT2D eigenvalue weighted by Crippen LogP contribution is 2.35. The van der Waals surface area contributed by atoms with E-state index >= 15 is 0 Å². The molecule has 29 heavy (non-hydrogen) atoms. The Labute approximate surface area is 166 Å². The Morgan fingerprint density at radius 3 is 2.59 bits per heavy atom. The second kappa shape index (κ2) is 9.17. The summed E-state index contributed by atoms with van der Waals surface area (Å²) in [5.74, 6) is -1.05. The van der Waals surface area contributed by atoms with E-state index < -0.39 is 12.1 Å². The van der Waals surface area contributed by atoms with E-state index in [2.05, 4.69) is 10.2 Å². The minimum absolute atomic E-state index is 0.212. The van der Waals surface area contributed by atoms with Crippen LogP contribution in [0.5, 0.6) is 0 Å². The summed E-state index contributed by atoms with van der Waals surface area (Å²) in [6.45, 7) is 4.67. The number of furan rings is 1. The average Bonchev–Trinajstić information content (AvgIpc) is 3.25. The maximum absolute atomic E-state index is 11.8. The van der Waals surface area contributed by atoms with Crippen molar-refractivity contribution in [2.75, 3.05) is 26.2 Å². The predicted octanol–water partition coefficient (Wildman–Crippen LogP) is 2.28. The van der Waals surface area contributed by atoms with Gasteiger partial charge in [0.15, 0.2) is 0 Å². The molecule has 1 amide bonds. The molecule has 0 aromatic carbocycles. The fourth-order valence-electron chi connectivity index (χ4n) is 3.85. The number of rotatable bonds is 5. The molecule has 1 aromatic heterocycles. The third-order valence-electron chi connectivity index (χ3n) is 5.53. The fraction of sp³-hybridized carbons (Fsp3) is 0.684. The van der Waals surface area contributed by atoms with E-state index in [0.717, 1.165) is 45.5 Å². The van der Waals surface area contributed by atoms with Gasteiger partial charge in [-0.25, -0.2) is 4.79 Å². The predicted molar refractivity (Wildman–Crippen MR) is 94.7 cm³/mol. The molecule has 0 spiro atoms. The third-order valence-corrected chi connectivity index (χ3v) is 5.53. The molecule has 3 aliphatic rings. The van der Waals surface area contributed by atoms with Crippen molar-refractivity contribution in [3.63, 3.8) is 0 Å². The number of ether oxygens (including phenoxy) is 1. The van der Waals surface area contributed by atoms with Crippen LogP contribution in [0, 0.1) is 17.8 Å². The van der Waals surface area contributed by atoms with Gasteiger partial charge in [0.2, 0.25) is 5.91 Å². The number of likely N-dealkylation sites (tertiary alicyclic amines) is 1. The van der Waals surface area contributed by atoms with Gasteiger partial charge in [-0.1, -0.05) is 0 Å². The van der Waals surface area contributed by atoms with E-state index in [-0.39, 0.29) is 17.9 Å². The van der Waals surface area contributed by atoms with E-state index in [0.29, 0.717) is 18.4 Å². The van der Waals surface area contributed by atoms with E-state index in [1.54, 1.807) is 6.26 Å². The van der Waals surface area contributed by atoms with Crippen molar-refractivity contribution in [2.24, 2.45) is 17.8 Å². The Kier molecular flexibility index (Phi) is 6.84. The lowest BCUT2D eigenvalue weighted by Crippen LogP contribution is -2.43. The number of nitrogens with zero attached hydrogens (tertiary/aromatic N) is 1. The van der Waals surface area contributed by atoms with Crippen LogP contribution in [-0.4, -0.2) is 60.4 Å². The summed E-state index contributed by atoms with van der Waals surface area (Å²) in [5.41, 5.74) is 1.24. The van der Waals surface area contributed by atoms with Crippen molar-refractivity contribution < 1.29 is 37.0 Å². The molecule has 1 saturated carbocycles. The molecule has 3 heterocycles. The number of amides is 1. The van der Waals surface area contributed by atoms with Crippen molar-refractivity contribution >= 4 is 11.9 Å². The van der Waals surface area contributed by atoms with Crippen LogP contribution in [0.2, 0.25) is 0 Å². The van der Waals surface area contributed by atoms with Crippen LogP contribution in [0.1, 0.15) is 24.8 Å². The van der Waals surface area contributed by atoms with E-state index in [1.165, 1.54) is 5.56 Å². The quantitative estimate of drug-likeness (QED) is 0.762. The number of carboxylic acid groups (broad SMARTS) is 1. The van der Waals surface area contributed by atoms with Gasteiger partial charge in [0.1, 0.15) is 0 Å². The molecule has 1 aromatic rings. The molecule has 3 fully saturated rings. The van der Waals surface area contributed by atoms with Crippen LogP contribution < -0.4 is 5.32 Å². The average molecular weight is 418 g/mol. The van der Waals surface area contributed by atoms with Crippen molar-refractivity contribution in [2.45, 2.75) is 38.1 Å². The van der Waals surface area contributed by atoms with Crippen LogP contribution in [0.15, 0.2) is 23.0 Å². The molecule has 2 aliphatic heterocycles. The molecule has 4 rings (SSSR count). The summed E-state index contributed by atoms with van der Waals surface area (Å²) in [6, 6.07) is 2.04. The van der Waals surface area contributed by atoms with Gasteiger partial charge in [-0.15, -0.1) is 0 Å². The zero-order valence-electron chi connectivity index (χ0n) is 15.9. The van der Waals surface area contributed by atoms with Crippen molar-refractivity contribution in [1.29, 1.82) is 0 Å². The molecule has 7 nitrogen and oxygen atoms in total. The lowest BCUT2D eigenvalue weighted by atomic mass is 9.84. The van der Waals surface area contributed by atoms with Gasteiger partial charge in [0, 0.05) is 37.0 Å². The molecular formula is C19H25F3N2O5. The van der Waals surface area contributed by atoms with Crippen LogP contribution in [-0.2, 0) is 20.9 Å². The number of halogens is 3. The van der Waals surface area contributed by atoms with Gasteiger partial charge in [-0.3, -0.25) is 9.69 Å². The minimum Gasteiger partial charge on any atom is -0.475 e. The normalized spacial score (nSPS) is 26.9. The molecule has 2 saturated heterocycles. The van der Waals surface area contributed by atoms with E-state index in [4.69, 9.17) is 19.1 Å². The third kappa shape index (κ3) is 6.20. The number of carbonyl (C=O) groups excluding carboxylic acids is 1. The topological polar surface area (TPSA) is 92.0 Å². The van der Waals surface area contributed by atoms with Crippen molar-refractivity contribution in [3.8, 4) is 0 Å². The highest BCUT2D eigenvalue weighted by atomic mass is 19.4. The van der Waals surface area contributed by atoms with Gasteiger partial charge >= 0.3 is 12.1 Å². The van der Waals surface area contributed by atoms with Crippen LogP contribution in [0.25, 0.3) is 0 Å². The molecule has 1 aliphatic carbocycles. The van der Waals surface area contributed by atoms with E-state index in [1.807, 2.05) is 12.3 Å². The summed E-state index contributed by atoms with van der Waals surface area (Å²) < 4.78 is 42.9. The Morgan fingerprint density at radius 2 is 2.00 bits per heavy atom. The summed E-state index contributed by atoms with van der Waals surface area (Å²) in [5, 5.41) is 10.2. The first-order chi connectivity index (χ1) is 13.7. The molecule has 0 unspecified atom stereocenters.